The number of carbonyl (C=O) groups is 2. The summed E-state index contributed by atoms with van der Waals surface area (Å²) in [6.45, 7) is 0.618. The average molecular weight is 515 g/mol. The first kappa shape index (κ1) is 24.2. The molecule has 6 aromatic rings. The van der Waals surface area contributed by atoms with Crippen molar-refractivity contribution in [1.29, 1.82) is 0 Å². The molecule has 0 aliphatic carbocycles. The summed E-state index contributed by atoms with van der Waals surface area (Å²) in [5, 5.41) is 2.11. The molecule has 0 aliphatic heterocycles. The lowest BCUT2D eigenvalue weighted by molar-refractivity contribution is 0.0600. The molecule has 0 unspecified atom stereocenters. The standard InChI is InChI=1S/C33H26N2O4/c1-38-31-9-4-3-8-28(31)32(36)35-17-15-24-11-13-26(20-30(24)35)25-12-10-23-14-16-34(29(23)19-25)21-22-6-5-7-27(18-22)33(37)39-2/h3-20H,21H2,1-2H3. The van der Waals surface area contributed by atoms with Gasteiger partial charge in [-0.3, -0.25) is 9.36 Å². The average Bonchev–Trinajstić information content (AvgIpc) is 3.60. The highest BCUT2D eigenvalue weighted by Gasteiger charge is 2.16. The quantitative estimate of drug-likeness (QED) is 0.230. The molecule has 6 rings (SSSR count). The minimum Gasteiger partial charge on any atom is -0.496 e. The van der Waals surface area contributed by atoms with Gasteiger partial charge in [0.05, 0.1) is 30.9 Å². The molecule has 0 N–H and O–H groups in total. The van der Waals surface area contributed by atoms with Crippen LogP contribution in [0.4, 0.5) is 0 Å². The Hall–Kier alpha value is -5.10. The molecule has 0 saturated carbocycles. The lowest BCUT2D eigenvalue weighted by Gasteiger charge is -2.11. The number of rotatable bonds is 6. The van der Waals surface area contributed by atoms with E-state index >= 15 is 0 Å². The van der Waals surface area contributed by atoms with Crippen LogP contribution in [0.5, 0.6) is 5.75 Å². The Morgan fingerprint density at radius 2 is 1.44 bits per heavy atom. The van der Waals surface area contributed by atoms with Crippen molar-refractivity contribution in [3.8, 4) is 16.9 Å². The highest BCUT2D eigenvalue weighted by atomic mass is 16.5. The van der Waals surface area contributed by atoms with Crippen LogP contribution in [0.1, 0.15) is 26.3 Å². The van der Waals surface area contributed by atoms with Crippen LogP contribution >= 0.6 is 0 Å². The molecule has 6 heteroatoms. The van der Waals surface area contributed by atoms with Gasteiger partial charge < -0.3 is 14.0 Å². The Labute approximate surface area is 225 Å². The maximum atomic E-state index is 13.4. The molecule has 192 valence electrons. The molecule has 0 bridgehead atoms. The highest BCUT2D eigenvalue weighted by molar-refractivity contribution is 6.04. The summed E-state index contributed by atoms with van der Waals surface area (Å²) in [6.07, 6.45) is 3.86. The van der Waals surface area contributed by atoms with Crippen LogP contribution in [-0.2, 0) is 11.3 Å². The predicted octanol–water partition coefficient (Wildman–Crippen LogP) is 6.80. The van der Waals surface area contributed by atoms with Crippen LogP contribution in [0.2, 0.25) is 0 Å². The van der Waals surface area contributed by atoms with Crippen molar-refractivity contribution >= 4 is 33.7 Å². The molecule has 0 fully saturated rings. The third-order valence-electron chi connectivity index (χ3n) is 7.06. The zero-order valence-electron chi connectivity index (χ0n) is 21.6. The van der Waals surface area contributed by atoms with Crippen molar-refractivity contribution < 1.29 is 19.1 Å². The summed E-state index contributed by atoms with van der Waals surface area (Å²) >= 11 is 0. The first-order chi connectivity index (χ1) is 19.1. The third kappa shape index (κ3) is 4.46. The van der Waals surface area contributed by atoms with E-state index < -0.39 is 0 Å². The zero-order chi connectivity index (χ0) is 26.9. The fourth-order valence-corrected chi connectivity index (χ4v) is 5.05. The number of nitrogens with zero attached hydrogens (tertiary/aromatic N) is 2. The number of benzene rings is 4. The van der Waals surface area contributed by atoms with Crippen molar-refractivity contribution in [1.82, 2.24) is 9.13 Å². The number of hydrogen-bond donors (Lipinski definition) is 0. The van der Waals surface area contributed by atoms with Gasteiger partial charge in [0, 0.05) is 29.8 Å². The Bertz CT molecular complexity index is 1860. The molecule has 4 aromatic carbocycles. The fourth-order valence-electron chi connectivity index (χ4n) is 5.05. The maximum absolute atomic E-state index is 13.4. The van der Waals surface area contributed by atoms with Crippen molar-refractivity contribution in [2.75, 3.05) is 14.2 Å². The number of aromatic nitrogens is 2. The zero-order valence-corrected chi connectivity index (χ0v) is 21.6. The monoisotopic (exact) mass is 514 g/mol. The van der Waals surface area contributed by atoms with Crippen LogP contribution in [0.15, 0.2) is 109 Å². The van der Waals surface area contributed by atoms with Gasteiger partial charge in [0.25, 0.3) is 5.91 Å². The predicted molar refractivity (Wildman–Crippen MR) is 152 cm³/mol. The summed E-state index contributed by atoms with van der Waals surface area (Å²) in [6, 6.07) is 31.3. The van der Waals surface area contributed by atoms with Crippen LogP contribution in [0, 0.1) is 0 Å². The van der Waals surface area contributed by atoms with Crippen LogP contribution < -0.4 is 4.74 Å². The highest BCUT2D eigenvalue weighted by Crippen LogP contribution is 2.30. The van der Waals surface area contributed by atoms with E-state index in [1.54, 1.807) is 36.1 Å². The summed E-state index contributed by atoms with van der Waals surface area (Å²) in [7, 11) is 2.96. The summed E-state index contributed by atoms with van der Waals surface area (Å²) in [4.78, 5) is 25.4. The van der Waals surface area contributed by atoms with Gasteiger partial charge in [-0.15, -0.1) is 0 Å². The summed E-state index contributed by atoms with van der Waals surface area (Å²) < 4.78 is 14.1. The van der Waals surface area contributed by atoms with E-state index in [9.17, 15) is 9.59 Å². The molecule has 2 heterocycles. The SMILES string of the molecule is COC(=O)c1cccc(Cn2ccc3ccc(-c4ccc5ccn(C(=O)c6ccccc6OC)c5c4)cc32)c1. The summed E-state index contributed by atoms with van der Waals surface area (Å²) in [5.41, 5.74) is 6.03. The first-order valence-corrected chi connectivity index (χ1v) is 12.6. The molecule has 2 aromatic heterocycles. The normalized spacial score (nSPS) is 11.1. The van der Waals surface area contributed by atoms with E-state index in [-0.39, 0.29) is 11.9 Å². The molecule has 0 atom stereocenters. The maximum Gasteiger partial charge on any atom is 0.337 e. The largest absolute Gasteiger partial charge is 0.496 e. The molecule has 6 nitrogen and oxygen atoms in total. The van der Waals surface area contributed by atoms with Crippen molar-refractivity contribution in [2.45, 2.75) is 6.54 Å². The molecule has 0 aliphatic rings. The van der Waals surface area contributed by atoms with Crippen molar-refractivity contribution in [3.05, 3.63) is 126 Å². The van der Waals surface area contributed by atoms with E-state index in [0.717, 1.165) is 38.5 Å². The van der Waals surface area contributed by atoms with Gasteiger partial charge in [0.1, 0.15) is 5.75 Å². The minimum atomic E-state index is -0.346. The number of esters is 1. The molecular weight excluding hydrogens is 488 g/mol. The van der Waals surface area contributed by atoms with Crippen molar-refractivity contribution in [2.24, 2.45) is 0 Å². The van der Waals surface area contributed by atoms with Crippen LogP contribution in [-0.4, -0.2) is 35.2 Å². The number of fused-ring (bicyclic) bond motifs is 2. The second-order valence-corrected chi connectivity index (χ2v) is 9.37. The second-order valence-electron chi connectivity index (χ2n) is 9.37. The molecule has 0 saturated heterocycles. The van der Waals surface area contributed by atoms with Crippen molar-refractivity contribution in [3.63, 3.8) is 0 Å². The molecule has 0 amide bonds. The number of para-hydroxylation sites is 1. The van der Waals surface area contributed by atoms with Gasteiger partial charge in [0.2, 0.25) is 0 Å². The van der Waals surface area contributed by atoms with Gasteiger partial charge in [-0.1, -0.05) is 48.5 Å². The van der Waals surface area contributed by atoms with E-state index in [0.29, 0.717) is 23.4 Å². The van der Waals surface area contributed by atoms with E-state index in [4.69, 9.17) is 9.47 Å². The van der Waals surface area contributed by atoms with Crippen LogP contribution in [0.3, 0.4) is 0 Å². The smallest absolute Gasteiger partial charge is 0.337 e. The number of methoxy groups -OCH3 is 2. The second kappa shape index (κ2) is 9.99. The third-order valence-corrected chi connectivity index (χ3v) is 7.06. The first-order valence-electron chi connectivity index (χ1n) is 12.6. The van der Waals surface area contributed by atoms with E-state index in [1.165, 1.54) is 7.11 Å². The Balaban J connectivity index is 1.36. The van der Waals surface area contributed by atoms with Gasteiger partial charge in [-0.2, -0.15) is 0 Å². The van der Waals surface area contributed by atoms with E-state index in [2.05, 4.69) is 47.2 Å². The topological polar surface area (TPSA) is 62.5 Å². The Morgan fingerprint density at radius 1 is 0.718 bits per heavy atom. The lowest BCUT2D eigenvalue weighted by Crippen LogP contribution is -2.12. The molecule has 0 spiro atoms. The van der Waals surface area contributed by atoms with Gasteiger partial charge in [-0.25, -0.2) is 4.79 Å². The molecular formula is C33H26N2O4. The van der Waals surface area contributed by atoms with Gasteiger partial charge in [0.15, 0.2) is 0 Å². The number of ether oxygens (including phenoxy) is 2. The minimum absolute atomic E-state index is 0.141. The van der Waals surface area contributed by atoms with Crippen LogP contribution in [0.25, 0.3) is 32.9 Å². The summed E-state index contributed by atoms with van der Waals surface area (Å²) in [5.74, 6) is 0.0581. The van der Waals surface area contributed by atoms with Gasteiger partial charge >= 0.3 is 5.97 Å². The Kier molecular flexibility index (Phi) is 6.21. The number of hydrogen-bond acceptors (Lipinski definition) is 4. The lowest BCUT2D eigenvalue weighted by atomic mass is 10.0. The number of carbonyl (C=O) groups excluding carboxylic acids is 2. The molecule has 0 radical (unpaired) electrons. The van der Waals surface area contributed by atoms with Gasteiger partial charge in [-0.05, 0) is 70.6 Å². The molecule has 39 heavy (non-hydrogen) atoms. The Morgan fingerprint density at radius 3 is 2.21 bits per heavy atom. The van der Waals surface area contributed by atoms with E-state index in [1.807, 2.05) is 42.5 Å². The fraction of sp³-hybridized carbons (Fsp3) is 0.0909.